The van der Waals surface area contributed by atoms with Crippen molar-refractivity contribution in [3.8, 4) is 16.8 Å². The summed E-state index contributed by atoms with van der Waals surface area (Å²) in [6.07, 6.45) is 0.914. The summed E-state index contributed by atoms with van der Waals surface area (Å²) in [4.78, 5) is 37.6. The smallest absolute Gasteiger partial charge is 0.382 e. The van der Waals surface area contributed by atoms with Gasteiger partial charge in [-0.25, -0.2) is 0 Å². The van der Waals surface area contributed by atoms with Crippen LogP contribution < -0.4 is 21.3 Å². The van der Waals surface area contributed by atoms with Gasteiger partial charge in [0.05, 0.1) is 36.4 Å². The predicted molar refractivity (Wildman–Crippen MR) is 291 cm³/mol. The molecule has 3 N–H and O–H groups in total. The summed E-state index contributed by atoms with van der Waals surface area (Å²) in [5.41, 5.74) is 6.16. The number of aromatic nitrogens is 4. The maximum absolute atomic E-state index is 13.9. The van der Waals surface area contributed by atoms with E-state index in [2.05, 4.69) is 61.3 Å². The molecule has 6 heterocycles. The van der Waals surface area contributed by atoms with E-state index in [9.17, 15) is 27.3 Å². The fourth-order valence-electron chi connectivity index (χ4n) is 10.3. The molecule has 19 heteroatoms. The second-order valence-electron chi connectivity index (χ2n) is 20.1. The average Bonchev–Trinajstić information content (AvgIpc) is 3.99. The van der Waals surface area contributed by atoms with E-state index in [1.165, 1.54) is 9.44 Å². The predicted octanol–water partition coefficient (Wildman–Crippen LogP) is 10.1. The minimum atomic E-state index is -4.44. The quantitative estimate of drug-likeness (QED) is 0.0525. The number of fused-ring (bicyclic) bond motifs is 4. The van der Waals surface area contributed by atoms with Gasteiger partial charge in [-0.05, 0) is 145 Å². The van der Waals surface area contributed by atoms with Crippen molar-refractivity contribution in [1.29, 1.82) is 0 Å². The molecule has 6 aromatic rings. The second-order valence-corrected chi connectivity index (χ2v) is 25.0. The first-order valence-electron chi connectivity index (χ1n) is 25.4. The molecule has 2 amide bonds. The molecule has 0 saturated carbocycles. The third-order valence-electron chi connectivity index (χ3n) is 14.5. The maximum Gasteiger partial charge on any atom is 0.406 e. The van der Waals surface area contributed by atoms with E-state index >= 15 is 0 Å². The first-order chi connectivity index (χ1) is 35.4. The van der Waals surface area contributed by atoms with E-state index in [0.717, 1.165) is 102 Å². The molecule has 3 aromatic heterocycles. The number of hydrogen-bond acceptors (Lipinski definition) is 10. The monoisotopic (exact) mass is 1070 g/mol. The highest BCUT2D eigenvalue weighted by atomic mass is 35.5. The molecule has 2 saturated heterocycles. The summed E-state index contributed by atoms with van der Waals surface area (Å²) in [5, 5.41) is 22.0. The standard InChI is InChI=1S/C55H63ClF3N10O3PS/c1-35-36(2)74-54-51(35)52(39-13-15-40(56)16-14-39)63-47(53-65-64-37(3)69(53)54)32-49(70)61-26-7-9-38-21-29-67(30-22-38)50(71)33-66-27-23-42(24-28-66)62-46-11-6-12-48-45(46)31-43(68(48)34-55(57,58)59)10-8-25-60-41-17-19-44(20-18-41)73(4,5)72/h6,11-20,31,38,42,47,60,62H,7,9,21-30,32-34H2,1-5H3,(H,61,70)/t47-/m0/s1. The number of nitrogens with one attached hydrogen (secondary N) is 3. The van der Waals surface area contributed by atoms with E-state index in [1.807, 2.05) is 54.3 Å². The van der Waals surface area contributed by atoms with E-state index in [4.69, 9.17) is 16.6 Å². The number of likely N-dealkylation sites (tertiary alicyclic amines) is 2. The number of nitrogens with zero attached hydrogens (tertiary/aromatic N) is 7. The number of piperidine rings is 2. The van der Waals surface area contributed by atoms with Gasteiger partial charge in [-0.3, -0.25) is 24.0 Å². The Kier molecular flexibility index (Phi) is 16.1. The maximum atomic E-state index is 13.9. The Labute approximate surface area is 439 Å². The first kappa shape index (κ1) is 52.9. The number of hydrogen-bond donors (Lipinski definition) is 3. The van der Waals surface area contributed by atoms with Crippen LogP contribution >= 0.6 is 30.1 Å². The lowest BCUT2D eigenvalue weighted by Gasteiger charge is -2.36. The van der Waals surface area contributed by atoms with Crippen LogP contribution in [0.2, 0.25) is 5.02 Å². The molecule has 0 radical (unpaired) electrons. The summed E-state index contributed by atoms with van der Waals surface area (Å²) in [5.74, 6) is 7.86. The van der Waals surface area contributed by atoms with Gasteiger partial charge >= 0.3 is 6.18 Å². The van der Waals surface area contributed by atoms with Crippen LogP contribution in [0.15, 0.2) is 77.8 Å². The van der Waals surface area contributed by atoms with Gasteiger partial charge < -0.3 is 30.0 Å². The molecule has 9 rings (SSSR count). The molecule has 3 aliphatic heterocycles. The zero-order valence-electron chi connectivity index (χ0n) is 42.5. The number of halogens is 4. The molecule has 3 aliphatic rings. The van der Waals surface area contributed by atoms with E-state index in [-0.39, 0.29) is 36.5 Å². The SMILES string of the molecule is Cc1sc2c(c1C)C(c1ccc(Cl)cc1)=N[C@@H](CC(=O)NCCCC1CCN(C(=O)CN3CCC(Nc4cccc5c4cc(C#CCNc4ccc(P(C)(C)=O)cc4)n5CC(F)(F)F)CC3)CC1)c1nnc(C)n1-2. The number of amides is 2. The fourth-order valence-corrected chi connectivity index (χ4v) is 12.5. The minimum absolute atomic E-state index is 0.0885. The van der Waals surface area contributed by atoms with Crippen molar-refractivity contribution in [3.05, 3.63) is 117 Å². The molecular formula is C55H63ClF3N10O3PS. The lowest BCUT2D eigenvalue weighted by atomic mass is 9.92. The number of aryl methyl sites for hydroxylation is 2. The first-order valence-corrected chi connectivity index (χ1v) is 29.1. The molecular weight excluding hydrogens is 1000 g/mol. The van der Waals surface area contributed by atoms with Crippen LogP contribution in [0.5, 0.6) is 0 Å². The number of aliphatic imine (C=N–C) groups is 1. The van der Waals surface area contributed by atoms with Gasteiger partial charge in [0.2, 0.25) is 11.8 Å². The highest BCUT2D eigenvalue weighted by Crippen LogP contribution is 2.40. The fraction of sp³-hybridized carbons (Fsp3) is 0.436. The summed E-state index contributed by atoms with van der Waals surface area (Å²) >= 11 is 7.95. The molecule has 1 atom stereocenters. The molecule has 0 spiro atoms. The van der Waals surface area contributed by atoms with Crippen molar-refractivity contribution >= 4 is 75.2 Å². The second kappa shape index (κ2) is 22.5. The Bertz CT molecular complexity index is 3150. The summed E-state index contributed by atoms with van der Waals surface area (Å²) in [7, 11) is -2.39. The minimum Gasteiger partial charge on any atom is -0.382 e. The number of thiophene rings is 1. The van der Waals surface area contributed by atoms with Gasteiger partial charge in [-0.2, -0.15) is 13.2 Å². The summed E-state index contributed by atoms with van der Waals surface area (Å²) in [6.45, 7) is 12.4. The van der Waals surface area contributed by atoms with Gasteiger partial charge in [-0.15, -0.1) is 21.5 Å². The summed E-state index contributed by atoms with van der Waals surface area (Å²) < 4.78 is 57.3. The average molecular weight is 1070 g/mol. The van der Waals surface area contributed by atoms with Gasteiger partial charge in [0.15, 0.2) is 5.82 Å². The van der Waals surface area contributed by atoms with Gasteiger partial charge in [-0.1, -0.05) is 35.7 Å². The van der Waals surface area contributed by atoms with Crippen molar-refractivity contribution < 1.29 is 27.3 Å². The van der Waals surface area contributed by atoms with Crippen molar-refractivity contribution in [3.63, 3.8) is 0 Å². The van der Waals surface area contributed by atoms with Crippen LogP contribution in [-0.4, -0.2) is 118 Å². The Balaban J connectivity index is 0.720. The molecule has 0 bridgehead atoms. The topological polar surface area (TPSA) is 142 Å². The van der Waals surface area contributed by atoms with E-state index in [1.54, 1.807) is 55.0 Å². The zero-order chi connectivity index (χ0) is 52.3. The van der Waals surface area contributed by atoms with Gasteiger partial charge in [0.25, 0.3) is 0 Å². The van der Waals surface area contributed by atoms with Crippen LogP contribution in [-0.2, 0) is 20.7 Å². The number of carbonyl (C=O) groups is 2. The van der Waals surface area contributed by atoms with Crippen LogP contribution in [0.3, 0.4) is 0 Å². The Morgan fingerprint density at radius 2 is 1.66 bits per heavy atom. The zero-order valence-corrected chi connectivity index (χ0v) is 45.0. The number of alkyl halides is 3. The molecule has 13 nitrogen and oxygen atoms in total. The number of anilines is 2. The van der Waals surface area contributed by atoms with Crippen LogP contribution in [0.1, 0.15) is 89.9 Å². The van der Waals surface area contributed by atoms with Crippen molar-refractivity contribution in [2.75, 3.05) is 69.8 Å². The van der Waals surface area contributed by atoms with Crippen molar-refractivity contribution in [2.45, 2.75) is 90.5 Å². The summed E-state index contributed by atoms with van der Waals surface area (Å²) in [6, 6.07) is 21.5. The van der Waals surface area contributed by atoms with E-state index in [0.29, 0.717) is 53.8 Å². The Hall–Kier alpha value is -5.92. The highest BCUT2D eigenvalue weighted by molar-refractivity contribution is 7.70. The third-order valence-corrected chi connectivity index (χ3v) is 17.5. The van der Waals surface area contributed by atoms with Crippen LogP contribution in [0.4, 0.5) is 24.5 Å². The molecule has 2 fully saturated rings. The number of carbonyl (C=O) groups excluding carboxylic acids is 2. The highest BCUT2D eigenvalue weighted by Gasteiger charge is 2.34. The normalized spacial score (nSPS) is 16.7. The van der Waals surface area contributed by atoms with Gasteiger partial charge in [0.1, 0.15) is 30.6 Å². The Morgan fingerprint density at radius 1 is 0.932 bits per heavy atom. The van der Waals surface area contributed by atoms with Crippen molar-refractivity contribution in [1.82, 2.24) is 34.4 Å². The Morgan fingerprint density at radius 3 is 2.36 bits per heavy atom. The van der Waals surface area contributed by atoms with Crippen LogP contribution in [0.25, 0.3) is 15.9 Å². The number of benzene rings is 3. The third kappa shape index (κ3) is 12.4. The van der Waals surface area contributed by atoms with Crippen molar-refractivity contribution in [2.24, 2.45) is 10.9 Å². The lowest BCUT2D eigenvalue weighted by molar-refractivity contribution is -0.140. The molecule has 390 valence electrons. The molecule has 74 heavy (non-hydrogen) atoms. The molecule has 0 aliphatic carbocycles. The molecule has 3 aromatic carbocycles. The van der Waals surface area contributed by atoms with Crippen LogP contribution in [0, 0.1) is 38.5 Å². The van der Waals surface area contributed by atoms with Gasteiger partial charge in [0, 0.05) is 81.9 Å². The lowest BCUT2D eigenvalue weighted by Crippen LogP contribution is -2.47. The van der Waals surface area contributed by atoms with E-state index < -0.39 is 25.9 Å². The molecule has 0 unspecified atom stereocenters. The number of rotatable bonds is 15. The largest absolute Gasteiger partial charge is 0.406 e.